The summed E-state index contributed by atoms with van der Waals surface area (Å²) in [6, 6.07) is 13.9. The van der Waals surface area contributed by atoms with Gasteiger partial charge in [-0.3, -0.25) is 4.79 Å². The van der Waals surface area contributed by atoms with Gasteiger partial charge in [-0.1, -0.05) is 42.5 Å². The summed E-state index contributed by atoms with van der Waals surface area (Å²) in [5, 5.41) is 0. The molecule has 1 aliphatic heterocycles. The smallest absolute Gasteiger partial charge is 0.381 e. The number of rotatable bonds is 6. The Morgan fingerprint density at radius 2 is 1.79 bits per heavy atom. The molecule has 1 unspecified atom stereocenters. The highest BCUT2D eigenvalue weighted by Crippen LogP contribution is 2.41. The molecule has 4 rings (SSSR count). The number of amides is 1. The largest absolute Gasteiger partial charge is 0.431 e. The quantitative estimate of drug-likeness (QED) is 0.425. The average molecular weight is 474 g/mol. The van der Waals surface area contributed by atoms with Crippen molar-refractivity contribution < 1.29 is 27.1 Å². The van der Waals surface area contributed by atoms with Crippen molar-refractivity contribution in [3.8, 4) is 11.1 Å². The van der Waals surface area contributed by atoms with Gasteiger partial charge in [0.25, 0.3) is 5.91 Å². The van der Waals surface area contributed by atoms with Gasteiger partial charge in [-0.2, -0.15) is 13.2 Å². The highest BCUT2D eigenvalue weighted by atomic mass is 19.4. The summed E-state index contributed by atoms with van der Waals surface area (Å²) in [4.78, 5) is 15.2. The molecule has 2 heterocycles. The number of nitrogens with zero attached hydrogens (tertiary/aromatic N) is 2. The van der Waals surface area contributed by atoms with Crippen LogP contribution in [0.2, 0.25) is 0 Å². The van der Waals surface area contributed by atoms with Gasteiger partial charge >= 0.3 is 6.18 Å². The zero-order valence-electron chi connectivity index (χ0n) is 19.0. The highest BCUT2D eigenvalue weighted by molar-refractivity contribution is 6.01. The van der Waals surface area contributed by atoms with Crippen LogP contribution in [-0.4, -0.2) is 42.2 Å². The minimum absolute atomic E-state index is 0.0540. The summed E-state index contributed by atoms with van der Waals surface area (Å²) in [5.74, 6) is -0.892. The van der Waals surface area contributed by atoms with E-state index >= 15 is 0 Å². The van der Waals surface area contributed by atoms with E-state index < -0.39 is 23.6 Å². The molecule has 0 saturated carbocycles. The van der Waals surface area contributed by atoms with E-state index in [1.54, 1.807) is 37.4 Å². The maximum Gasteiger partial charge on any atom is 0.431 e. The SMILES string of the molecule is Cc1c(-c2ccc(F)cc2)c(C(=O)N(C)CC2CCOC2)n(Cc2ccccc2)c1C(F)(F)F. The fourth-order valence-electron chi connectivity index (χ4n) is 4.61. The van der Waals surface area contributed by atoms with Gasteiger partial charge in [0, 0.05) is 38.2 Å². The lowest BCUT2D eigenvalue weighted by Crippen LogP contribution is -2.34. The second-order valence-corrected chi connectivity index (χ2v) is 8.69. The Kier molecular flexibility index (Phi) is 6.79. The molecule has 1 amide bonds. The lowest BCUT2D eigenvalue weighted by atomic mass is 10.00. The summed E-state index contributed by atoms with van der Waals surface area (Å²) in [7, 11) is 1.59. The van der Waals surface area contributed by atoms with Gasteiger partial charge < -0.3 is 14.2 Å². The van der Waals surface area contributed by atoms with Crippen LogP contribution in [-0.2, 0) is 17.5 Å². The van der Waals surface area contributed by atoms with Crippen LogP contribution in [0.25, 0.3) is 11.1 Å². The van der Waals surface area contributed by atoms with Gasteiger partial charge in [-0.05, 0) is 42.2 Å². The standard InChI is InChI=1S/C26H26F4N2O2/c1-17-22(20-8-10-21(27)11-9-20)23(25(33)31(2)14-19-12-13-34-16-19)32(24(17)26(28,29)30)15-18-6-4-3-5-7-18/h3-11,19H,12-16H2,1-2H3. The molecule has 1 fully saturated rings. The van der Waals surface area contributed by atoms with E-state index in [2.05, 4.69) is 0 Å². The van der Waals surface area contributed by atoms with Crippen molar-refractivity contribution in [2.75, 3.05) is 26.8 Å². The van der Waals surface area contributed by atoms with Crippen molar-refractivity contribution in [2.24, 2.45) is 5.92 Å². The molecular formula is C26H26F4N2O2. The van der Waals surface area contributed by atoms with E-state index in [1.807, 2.05) is 0 Å². The third-order valence-corrected chi connectivity index (χ3v) is 6.20. The molecule has 180 valence electrons. The van der Waals surface area contributed by atoms with E-state index in [0.717, 1.165) is 11.0 Å². The van der Waals surface area contributed by atoms with Crippen LogP contribution in [0.15, 0.2) is 54.6 Å². The van der Waals surface area contributed by atoms with E-state index in [0.29, 0.717) is 30.9 Å². The summed E-state index contributed by atoms with van der Waals surface area (Å²) in [5.41, 5.74) is 0.170. The third-order valence-electron chi connectivity index (χ3n) is 6.20. The maximum atomic E-state index is 14.4. The first-order valence-corrected chi connectivity index (χ1v) is 11.1. The number of aromatic nitrogens is 1. The number of carbonyl (C=O) groups excluding carboxylic acids is 1. The Morgan fingerprint density at radius 3 is 2.38 bits per heavy atom. The molecule has 1 saturated heterocycles. The average Bonchev–Trinajstić information content (AvgIpc) is 3.40. The van der Waals surface area contributed by atoms with Crippen molar-refractivity contribution in [3.63, 3.8) is 0 Å². The summed E-state index contributed by atoms with van der Waals surface area (Å²) < 4.78 is 63.1. The van der Waals surface area contributed by atoms with Crippen molar-refractivity contribution in [1.29, 1.82) is 0 Å². The van der Waals surface area contributed by atoms with E-state index in [9.17, 15) is 22.4 Å². The van der Waals surface area contributed by atoms with Crippen LogP contribution < -0.4 is 0 Å². The zero-order valence-corrected chi connectivity index (χ0v) is 19.0. The molecule has 0 aliphatic carbocycles. The molecule has 8 heteroatoms. The predicted molar refractivity (Wildman–Crippen MR) is 121 cm³/mol. The Hall–Kier alpha value is -3.13. The lowest BCUT2D eigenvalue weighted by Gasteiger charge is -2.23. The van der Waals surface area contributed by atoms with Crippen LogP contribution in [0.4, 0.5) is 17.6 Å². The number of hydrogen-bond acceptors (Lipinski definition) is 2. The fourth-order valence-corrected chi connectivity index (χ4v) is 4.61. The number of benzene rings is 2. The van der Waals surface area contributed by atoms with Gasteiger partial charge in [0.2, 0.25) is 0 Å². The number of hydrogen-bond donors (Lipinski definition) is 0. The highest BCUT2D eigenvalue weighted by Gasteiger charge is 2.41. The maximum absolute atomic E-state index is 14.4. The summed E-state index contributed by atoms with van der Waals surface area (Å²) in [6.07, 6.45) is -3.90. The molecule has 0 bridgehead atoms. The molecule has 0 spiro atoms. The summed E-state index contributed by atoms with van der Waals surface area (Å²) >= 11 is 0. The first kappa shape index (κ1) is 24.0. The van der Waals surface area contributed by atoms with Crippen LogP contribution in [0.3, 0.4) is 0 Å². The van der Waals surface area contributed by atoms with Crippen molar-refractivity contribution >= 4 is 5.91 Å². The van der Waals surface area contributed by atoms with Crippen LogP contribution in [0, 0.1) is 18.7 Å². The molecule has 1 aliphatic rings. The third kappa shape index (κ3) is 4.87. The van der Waals surface area contributed by atoms with Crippen LogP contribution >= 0.6 is 0 Å². The number of alkyl halides is 3. The van der Waals surface area contributed by atoms with Gasteiger partial charge in [0.15, 0.2) is 0 Å². The minimum Gasteiger partial charge on any atom is -0.381 e. The number of ether oxygens (including phenoxy) is 1. The lowest BCUT2D eigenvalue weighted by molar-refractivity contribution is -0.143. The van der Waals surface area contributed by atoms with Crippen molar-refractivity contribution in [2.45, 2.75) is 26.1 Å². The van der Waals surface area contributed by atoms with E-state index in [1.165, 1.54) is 36.1 Å². The normalized spacial score (nSPS) is 16.1. The fraction of sp³-hybridized carbons (Fsp3) is 0.346. The van der Waals surface area contributed by atoms with Gasteiger partial charge in [0.05, 0.1) is 6.61 Å². The monoisotopic (exact) mass is 474 g/mol. The molecule has 2 aromatic carbocycles. The van der Waals surface area contributed by atoms with Crippen molar-refractivity contribution in [1.82, 2.24) is 9.47 Å². The molecular weight excluding hydrogens is 448 g/mol. The zero-order chi connectivity index (χ0) is 24.5. The first-order valence-electron chi connectivity index (χ1n) is 11.1. The second kappa shape index (κ2) is 9.62. The van der Waals surface area contributed by atoms with E-state index in [4.69, 9.17) is 4.74 Å². The second-order valence-electron chi connectivity index (χ2n) is 8.69. The Labute approximate surface area is 195 Å². The van der Waals surface area contributed by atoms with Gasteiger partial charge in [-0.25, -0.2) is 4.39 Å². The van der Waals surface area contributed by atoms with Gasteiger partial charge in [-0.15, -0.1) is 0 Å². The molecule has 34 heavy (non-hydrogen) atoms. The molecule has 1 aromatic heterocycles. The molecule has 0 N–H and O–H groups in total. The molecule has 3 aromatic rings. The molecule has 4 nitrogen and oxygen atoms in total. The van der Waals surface area contributed by atoms with Crippen LogP contribution in [0.1, 0.15) is 33.7 Å². The topological polar surface area (TPSA) is 34.5 Å². The Balaban J connectivity index is 1.90. The van der Waals surface area contributed by atoms with E-state index in [-0.39, 0.29) is 29.3 Å². The minimum atomic E-state index is -4.69. The summed E-state index contributed by atoms with van der Waals surface area (Å²) in [6.45, 7) is 2.73. The molecule has 1 atom stereocenters. The van der Waals surface area contributed by atoms with Crippen LogP contribution in [0.5, 0.6) is 0 Å². The predicted octanol–water partition coefficient (Wildman–Crippen LogP) is 5.78. The number of carbonyl (C=O) groups is 1. The Bertz CT molecular complexity index is 1150. The van der Waals surface area contributed by atoms with Gasteiger partial charge in [0.1, 0.15) is 17.2 Å². The Morgan fingerprint density at radius 1 is 1.12 bits per heavy atom. The van der Waals surface area contributed by atoms with Crippen molar-refractivity contribution in [3.05, 3.63) is 82.9 Å². The molecule has 0 radical (unpaired) electrons. The number of halogens is 4. The first-order chi connectivity index (χ1) is 16.2.